The Morgan fingerprint density at radius 1 is 1.05 bits per heavy atom. The Balaban J connectivity index is 1.34. The topological polar surface area (TPSA) is 75.4 Å². The molecule has 4 aromatic rings. The molecule has 6 rings (SSSR count). The van der Waals surface area contributed by atoms with Crippen LogP contribution >= 0.6 is 0 Å². The first-order valence-electron chi connectivity index (χ1n) is 14.0. The van der Waals surface area contributed by atoms with Gasteiger partial charge < -0.3 is 9.67 Å². The molecule has 1 aliphatic carbocycles. The van der Waals surface area contributed by atoms with E-state index in [-0.39, 0.29) is 11.8 Å². The summed E-state index contributed by atoms with van der Waals surface area (Å²) in [6.45, 7) is 2.84. The predicted octanol–water partition coefficient (Wildman–Crippen LogP) is 7.21. The van der Waals surface area contributed by atoms with E-state index in [9.17, 15) is 14.7 Å². The third-order valence-electron chi connectivity index (χ3n) is 8.09. The summed E-state index contributed by atoms with van der Waals surface area (Å²) in [4.78, 5) is 31.8. The van der Waals surface area contributed by atoms with Gasteiger partial charge in [0, 0.05) is 19.2 Å². The minimum absolute atomic E-state index is 0.0456. The Morgan fingerprint density at radius 2 is 1.87 bits per heavy atom. The maximum absolute atomic E-state index is 13.2. The van der Waals surface area contributed by atoms with E-state index in [4.69, 9.17) is 4.98 Å². The molecule has 6 nitrogen and oxygen atoms in total. The summed E-state index contributed by atoms with van der Waals surface area (Å²) in [5, 5.41) is 9.59. The number of hydrogen-bond acceptors (Lipinski definition) is 3. The fourth-order valence-electron chi connectivity index (χ4n) is 5.98. The highest BCUT2D eigenvalue weighted by Gasteiger charge is 2.35. The van der Waals surface area contributed by atoms with Gasteiger partial charge in [-0.15, -0.1) is 0 Å². The van der Waals surface area contributed by atoms with Gasteiger partial charge in [-0.2, -0.15) is 0 Å². The highest BCUT2D eigenvalue weighted by Crippen LogP contribution is 2.38. The number of carbonyl (C=O) groups excluding carboxylic acids is 1. The molecule has 1 saturated carbocycles. The molecule has 198 valence electrons. The fourth-order valence-corrected chi connectivity index (χ4v) is 5.98. The van der Waals surface area contributed by atoms with Gasteiger partial charge in [0.05, 0.1) is 28.2 Å². The number of aromatic nitrogens is 2. The fraction of sp³-hybridized carbons (Fsp3) is 0.303. The quantitative estimate of drug-likeness (QED) is 0.267. The smallest absolute Gasteiger partial charge is 0.336 e. The number of imidazole rings is 1. The normalized spacial score (nSPS) is 16.9. The van der Waals surface area contributed by atoms with Crippen LogP contribution in [-0.4, -0.2) is 26.5 Å². The molecule has 2 heterocycles. The van der Waals surface area contributed by atoms with Crippen LogP contribution in [0.5, 0.6) is 0 Å². The first-order valence-corrected chi connectivity index (χ1v) is 14.0. The molecular formula is C33H33N3O3. The van der Waals surface area contributed by atoms with E-state index in [1.54, 1.807) is 12.1 Å². The van der Waals surface area contributed by atoms with Crippen molar-refractivity contribution in [3.05, 3.63) is 95.5 Å². The zero-order chi connectivity index (χ0) is 26.9. The molecule has 3 aromatic carbocycles. The van der Waals surface area contributed by atoms with Crippen LogP contribution < -0.4 is 4.90 Å². The number of carboxylic acids is 1. The molecular weight excluding hydrogens is 486 g/mol. The van der Waals surface area contributed by atoms with Crippen molar-refractivity contribution in [2.24, 2.45) is 5.92 Å². The molecule has 0 bridgehead atoms. The molecule has 1 amide bonds. The second-order valence-electron chi connectivity index (χ2n) is 10.6. The van der Waals surface area contributed by atoms with E-state index in [0.29, 0.717) is 17.7 Å². The number of anilines is 1. The monoisotopic (exact) mass is 519 g/mol. The van der Waals surface area contributed by atoms with Crippen molar-refractivity contribution in [3.63, 3.8) is 0 Å². The van der Waals surface area contributed by atoms with Crippen LogP contribution in [0.1, 0.15) is 67.2 Å². The highest BCUT2D eigenvalue weighted by atomic mass is 16.4. The lowest BCUT2D eigenvalue weighted by Gasteiger charge is -2.20. The lowest BCUT2D eigenvalue weighted by atomic mass is 9.86. The van der Waals surface area contributed by atoms with Crippen molar-refractivity contribution < 1.29 is 14.7 Å². The van der Waals surface area contributed by atoms with Gasteiger partial charge in [-0.3, -0.25) is 9.69 Å². The maximum atomic E-state index is 13.2. The molecule has 1 fully saturated rings. The average molecular weight is 520 g/mol. The number of aromatic carboxylic acids is 1. The molecule has 1 N–H and O–H groups in total. The summed E-state index contributed by atoms with van der Waals surface area (Å²) in [6, 6.07) is 21.4. The number of hydrogen-bond donors (Lipinski definition) is 1. The number of carboxylic acid groups (broad SMARTS) is 1. The summed E-state index contributed by atoms with van der Waals surface area (Å²) in [6.07, 6.45) is 9.35. The van der Waals surface area contributed by atoms with Crippen LogP contribution in [0.3, 0.4) is 0 Å². The second-order valence-corrected chi connectivity index (χ2v) is 10.6. The first kappa shape index (κ1) is 25.1. The van der Waals surface area contributed by atoms with E-state index < -0.39 is 5.97 Å². The minimum Gasteiger partial charge on any atom is -0.478 e. The Hall–Kier alpha value is -4.19. The van der Waals surface area contributed by atoms with Crippen LogP contribution in [0.25, 0.3) is 22.2 Å². The number of unbranched alkanes of at least 4 members (excludes halogenated alkanes) is 1. The van der Waals surface area contributed by atoms with Gasteiger partial charge in [-0.1, -0.05) is 62.2 Å². The van der Waals surface area contributed by atoms with Crippen LogP contribution in [0.4, 0.5) is 5.69 Å². The van der Waals surface area contributed by atoms with E-state index in [2.05, 4.69) is 35.9 Å². The standard InChI is InChI=1S/C33H33N3O3/c1-2-3-12-31-34-29-18-17-25(35-21-24-8-4-5-10-27(24)32(35)37)19-30(29)36(31)20-22-13-15-23(16-14-22)26-9-6-7-11-28(26)33(38)39/h6-7,9,11,13-19,21,27H,2-5,8,10,12,20H2,1H3,(H,38,39). The van der Waals surface area contributed by atoms with Crippen LogP contribution in [-0.2, 0) is 17.8 Å². The van der Waals surface area contributed by atoms with E-state index in [1.165, 1.54) is 5.57 Å². The zero-order valence-corrected chi connectivity index (χ0v) is 22.3. The van der Waals surface area contributed by atoms with E-state index >= 15 is 0 Å². The lowest BCUT2D eigenvalue weighted by molar-refractivity contribution is -0.120. The Bertz CT molecular complexity index is 1580. The number of carbonyl (C=O) groups is 2. The van der Waals surface area contributed by atoms with Crippen LogP contribution in [0, 0.1) is 5.92 Å². The van der Waals surface area contributed by atoms with Gasteiger partial charge in [0.25, 0.3) is 0 Å². The molecule has 0 radical (unpaired) electrons. The Labute approximate surface area is 228 Å². The van der Waals surface area contributed by atoms with Gasteiger partial charge in [0.2, 0.25) is 5.91 Å². The predicted molar refractivity (Wildman–Crippen MR) is 154 cm³/mol. The third kappa shape index (κ3) is 4.76. The number of amides is 1. The van der Waals surface area contributed by atoms with E-state index in [1.807, 2.05) is 41.3 Å². The van der Waals surface area contributed by atoms with Gasteiger partial charge >= 0.3 is 5.97 Å². The van der Waals surface area contributed by atoms with Crippen molar-refractivity contribution in [3.8, 4) is 11.1 Å². The third-order valence-corrected chi connectivity index (χ3v) is 8.09. The number of nitrogens with zero attached hydrogens (tertiary/aromatic N) is 3. The van der Waals surface area contributed by atoms with Crippen molar-refractivity contribution in [1.82, 2.24) is 9.55 Å². The summed E-state index contributed by atoms with van der Waals surface area (Å²) in [5.41, 5.74) is 7.14. The molecule has 2 aliphatic rings. The first-order chi connectivity index (χ1) is 19.0. The lowest BCUT2D eigenvalue weighted by Crippen LogP contribution is -2.26. The molecule has 39 heavy (non-hydrogen) atoms. The SMILES string of the molecule is CCCCc1nc2ccc(N3C=C4CCCCC4C3=O)cc2n1Cc1ccc(-c2ccccc2C(=O)O)cc1. The largest absolute Gasteiger partial charge is 0.478 e. The van der Waals surface area contributed by atoms with Gasteiger partial charge in [-0.25, -0.2) is 9.78 Å². The maximum Gasteiger partial charge on any atom is 0.336 e. The Kier molecular flexibility index (Phi) is 6.77. The van der Waals surface area contributed by atoms with Gasteiger partial charge in [0.15, 0.2) is 0 Å². The van der Waals surface area contributed by atoms with E-state index in [0.717, 1.165) is 78.6 Å². The molecule has 6 heteroatoms. The van der Waals surface area contributed by atoms with Crippen LogP contribution in [0.15, 0.2) is 78.5 Å². The summed E-state index contributed by atoms with van der Waals surface area (Å²) in [7, 11) is 0. The highest BCUT2D eigenvalue weighted by molar-refractivity contribution is 6.02. The van der Waals surface area contributed by atoms with Gasteiger partial charge in [-0.05, 0) is 72.2 Å². The number of aryl methyl sites for hydroxylation is 1. The second kappa shape index (κ2) is 10.5. The van der Waals surface area contributed by atoms with Crippen LogP contribution in [0.2, 0.25) is 0 Å². The molecule has 1 unspecified atom stereocenters. The zero-order valence-electron chi connectivity index (χ0n) is 22.3. The van der Waals surface area contributed by atoms with Crippen molar-refractivity contribution >= 4 is 28.6 Å². The summed E-state index contributed by atoms with van der Waals surface area (Å²) < 4.78 is 2.27. The number of fused-ring (bicyclic) bond motifs is 2. The number of benzene rings is 3. The molecule has 1 aromatic heterocycles. The summed E-state index contributed by atoms with van der Waals surface area (Å²) in [5.74, 6) is 0.356. The Morgan fingerprint density at radius 3 is 2.64 bits per heavy atom. The molecule has 0 spiro atoms. The molecule has 1 aliphatic heterocycles. The molecule has 0 saturated heterocycles. The van der Waals surface area contributed by atoms with Crippen molar-refractivity contribution in [2.45, 2.75) is 58.4 Å². The minimum atomic E-state index is -0.928. The van der Waals surface area contributed by atoms with Gasteiger partial charge in [0.1, 0.15) is 5.82 Å². The van der Waals surface area contributed by atoms with Crippen molar-refractivity contribution in [1.29, 1.82) is 0 Å². The summed E-state index contributed by atoms with van der Waals surface area (Å²) >= 11 is 0. The average Bonchev–Trinajstić information content (AvgIpc) is 3.49. The number of rotatable bonds is 8. The van der Waals surface area contributed by atoms with Crippen molar-refractivity contribution in [2.75, 3.05) is 4.90 Å². The molecule has 1 atom stereocenters.